The third-order valence-corrected chi connectivity index (χ3v) is 3.58. The summed E-state index contributed by atoms with van der Waals surface area (Å²) in [6.45, 7) is -0.430. The number of rotatable bonds is 5. The molecule has 1 aromatic carbocycles. The monoisotopic (exact) mass is 248 g/mol. The van der Waals surface area contributed by atoms with Gasteiger partial charge < -0.3 is 9.84 Å². The van der Waals surface area contributed by atoms with Crippen molar-refractivity contribution in [1.29, 1.82) is 0 Å². The molecule has 0 saturated carbocycles. The zero-order valence-electron chi connectivity index (χ0n) is 8.81. The van der Waals surface area contributed by atoms with E-state index in [1.807, 2.05) is 0 Å². The number of halogens is 1. The summed E-state index contributed by atoms with van der Waals surface area (Å²) in [6, 6.07) is 3.98. The van der Waals surface area contributed by atoms with E-state index in [2.05, 4.69) is 0 Å². The Labute approximate surface area is 93.6 Å². The number of methoxy groups -OCH3 is 1. The van der Waals surface area contributed by atoms with E-state index in [-0.39, 0.29) is 17.3 Å². The average molecular weight is 248 g/mol. The fourth-order valence-electron chi connectivity index (χ4n) is 1.26. The van der Waals surface area contributed by atoms with E-state index in [4.69, 9.17) is 9.84 Å². The van der Waals surface area contributed by atoms with Crippen LogP contribution < -0.4 is 4.74 Å². The minimum atomic E-state index is -3.38. The predicted molar refractivity (Wildman–Crippen MR) is 57.5 cm³/mol. The van der Waals surface area contributed by atoms with Gasteiger partial charge in [-0.2, -0.15) is 0 Å². The first-order valence-electron chi connectivity index (χ1n) is 4.62. The van der Waals surface area contributed by atoms with Crippen LogP contribution in [0.25, 0.3) is 0 Å². The normalized spacial score (nSPS) is 11.4. The molecular formula is C10H13FO4S. The summed E-state index contributed by atoms with van der Waals surface area (Å²) in [5, 5.41) is 8.54. The van der Waals surface area contributed by atoms with Crippen LogP contribution in [0.2, 0.25) is 0 Å². The Kier molecular flexibility index (Phi) is 4.26. The second-order valence-corrected chi connectivity index (χ2v) is 5.47. The van der Waals surface area contributed by atoms with Gasteiger partial charge in [0.2, 0.25) is 0 Å². The molecule has 0 spiro atoms. The molecule has 0 amide bonds. The fourth-order valence-corrected chi connectivity index (χ4v) is 2.37. The summed E-state index contributed by atoms with van der Waals surface area (Å²) < 4.78 is 40.7. The lowest BCUT2D eigenvalue weighted by Crippen LogP contribution is -2.12. The van der Waals surface area contributed by atoms with Gasteiger partial charge >= 0.3 is 0 Å². The molecule has 0 aliphatic rings. The van der Waals surface area contributed by atoms with Gasteiger partial charge in [0.25, 0.3) is 0 Å². The van der Waals surface area contributed by atoms with Crippen molar-refractivity contribution in [1.82, 2.24) is 0 Å². The molecule has 1 N–H and O–H groups in total. The van der Waals surface area contributed by atoms with Crippen LogP contribution in [-0.4, -0.2) is 33.0 Å². The van der Waals surface area contributed by atoms with Crippen LogP contribution in [0.3, 0.4) is 0 Å². The number of benzene rings is 1. The largest absolute Gasteiger partial charge is 0.494 e. The van der Waals surface area contributed by atoms with E-state index >= 15 is 0 Å². The summed E-state index contributed by atoms with van der Waals surface area (Å²) in [6.07, 6.45) is 0. The zero-order chi connectivity index (χ0) is 12.2. The van der Waals surface area contributed by atoms with Gasteiger partial charge in [-0.15, -0.1) is 0 Å². The molecule has 1 rings (SSSR count). The molecule has 16 heavy (non-hydrogen) atoms. The third-order valence-electron chi connectivity index (χ3n) is 2.01. The van der Waals surface area contributed by atoms with Crippen molar-refractivity contribution in [2.45, 2.75) is 5.75 Å². The molecule has 0 radical (unpaired) electrons. The maximum absolute atomic E-state index is 13.2. The Morgan fingerprint density at radius 2 is 2.12 bits per heavy atom. The van der Waals surface area contributed by atoms with Crippen molar-refractivity contribution in [3.63, 3.8) is 0 Å². The molecule has 0 unspecified atom stereocenters. The Balaban J connectivity index is 2.87. The summed E-state index contributed by atoms with van der Waals surface area (Å²) in [4.78, 5) is 0. The third kappa shape index (κ3) is 3.46. The van der Waals surface area contributed by atoms with Gasteiger partial charge in [-0.05, 0) is 17.7 Å². The second kappa shape index (κ2) is 5.27. The van der Waals surface area contributed by atoms with Crippen LogP contribution in [0.15, 0.2) is 18.2 Å². The molecule has 0 atom stereocenters. The van der Waals surface area contributed by atoms with E-state index in [0.29, 0.717) is 5.56 Å². The summed E-state index contributed by atoms with van der Waals surface area (Å²) >= 11 is 0. The first-order valence-corrected chi connectivity index (χ1v) is 6.44. The highest BCUT2D eigenvalue weighted by Crippen LogP contribution is 2.19. The van der Waals surface area contributed by atoms with Crippen molar-refractivity contribution in [2.75, 3.05) is 19.5 Å². The Morgan fingerprint density at radius 1 is 1.44 bits per heavy atom. The number of hydrogen-bond donors (Lipinski definition) is 1. The Morgan fingerprint density at radius 3 is 2.62 bits per heavy atom. The van der Waals surface area contributed by atoms with E-state index in [1.165, 1.54) is 19.2 Å². The van der Waals surface area contributed by atoms with Crippen LogP contribution in [0.4, 0.5) is 4.39 Å². The average Bonchev–Trinajstić information content (AvgIpc) is 2.17. The molecule has 0 saturated heterocycles. The Bertz CT molecular complexity index is 456. The van der Waals surface area contributed by atoms with Crippen LogP contribution >= 0.6 is 0 Å². The number of hydrogen-bond acceptors (Lipinski definition) is 4. The van der Waals surface area contributed by atoms with E-state index < -0.39 is 22.3 Å². The highest BCUT2D eigenvalue weighted by molar-refractivity contribution is 7.90. The molecule has 1 aromatic rings. The maximum Gasteiger partial charge on any atom is 0.165 e. The summed E-state index contributed by atoms with van der Waals surface area (Å²) in [7, 11) is -2.04. The molecular weight excluding hydrogens is 235 g/mol. The van der Waals surface area contributed by atoms with Gasteiger partial charge in [-0.3, -0.25) is 0 Å². The highest BCUT2D eigenvalue weighted by Gasteiger charge is 2.12. The van der Waals surface area contributed by atoms with Gasteiger partial charge in [-0.25, -0.2) is 12.8 Å². The molecule has 0 fully saturated rings. The standard InChI is InChI=1S/C10H13FO4S/c1-15-10-3-2-8(6-9(10)11)7-16(13,14)5-4-12/h2-3,6,12H,4-5,7H2,1H3. The lowest BCUT2D eigenvalue weighted by Gasteiger charge is -2.05. The highest BCUT2D eigenvalue weighted by atomic mass is 32.2. The number of sulfone groups is 1. The minimum absolute atomic E-state index is 0.0725. The van der Waals surface area contributed by atoms with Crippen molar-refractivity contribution in [3.8, 4) is 5.75 Å². The second-order valence-electron chi connectivity index (χ2n) is 3.28. The zero-order valence-corrected chi connectivity index (χ0v) is 9.63. The lowest BCUT2D eigenvalue weighted by atomic mass is 10.2. The SMILES string of the molecule is COc1ccc(CS(=O)(=O)CCO)cc1F. The van der Waals surface area contributed by atoms with Gasteiger partial charge in [0.05, 0.1) is 25.2 Å². The van der Waals surface area contributed by atoms with E-state index in [0.717, 1.165) is 6.07 Å². The van der Waals surface area contributed by atoms with Crippen LogP contribution in [0.5, 0.6) is 5.75 Å². The smallest absolute Gasteiger partial charge is 0.165 e. The topological polar surface area (TPSA) is 63.6 Å². The van der Waals surface area contributed by atoms with E-state index in [1.54, 1.807) is 0 Å². The van der Waals surface area contributed by atoms with Gasteiger partial charge in [0.15, 0.2) is 21.4 Å². The first kappa shape index (κ1) is 12.9. The number of aliphatic hydroxyl groups excluding tert-OH is 1. The van der Waals surface area contributed by atoms with Crippen LogP contribution in [-0.2, 0) is 15.6 Å². The van der Waals surface area contributed by atoms with Crippen LogP contribution in [0, 0.1) is 5.82 Å². The molecule has 6 heteroatoms. The number of aliphatic hydroxyl groups is 1. The fraction of sp³-hybridized carbons (Fsp3) is 0.400. The Hall–Kier alpha value is -1.14. The molecule has 90 valence electrons. The first-order chi connectivity index (χ1) is 7.48. The van der Waals surface area contributed by atoms with Crippen molar-refractivity contribution >= 4 is 9.84 Å². The molecule has 0 aliphatic carbocycles. The van der Waals surface area contributed by atoms with Gasteiger partial charge in [0.1, 0.15) is 0 Å². The van der Waals surface area contributed by atoms with Crippen LogP contribution in [0.1, 0.15) is 5.56 Å². The summed E-state index contributed by atoms with van der Waals surface area (Å²) in [5.74, 6) is -1.13. The maximum atomic E-state index is 13.2. The van der Waals surface area contributed by atoms with Gasteiger partial charge in [-0.1, -0.05) is 6.07 Å². The van der Waals surface area contributed by atoms with E-state index in [9.17, 15) is 12.8 Å². The molecule has 0 heterocycles. The quantitative estimate of drug-likeness (QED) is 0.834. The van der Waals surface area contributed by atoms with Crippen molar-refractivity contribution < 1.29 is 22.7 Å². The molecule has 0 aliphatic heterocycles. The number of ether oxygens (including phenoxy) is 1. The molecule has 0 bridgehead atoms. The molecule has 4 nitrogen and oxygen atoms in total. The lowest BCUT2D eigenvalue weighted by molar-refractivity contribution is 0.319. The van der Waals surface area contributed by atoms with Gasteiger partial charge in [0, 0.05) is 0 Å². The molecule has 0 aromatic heterocycles. The van der Waals surface area contributed by atoms with Crippen molar-refractivity contribution in [2.24, 2.45) is 0 Å². The van der Waals surface area contributed by atoms with Crippen molar-refractivity contribution in [3.05, 3.63) is 29.6 Å². The summed E-state index contributed by atoms with van der Waals surface area (Å²) in [5.41, 5.74) is 0.340. The minimum Gasteiger partial charge on any atom is -0.494 e. The predicted octanol–water partition coefficient (Wildman–Crippen LogP) is 0.741.